The quantitative estimate of drug-likeness (QED) is 0.0782. The van der Waals surface area contributed by atoms with Gasteiger partial charge in [-0.2, -0.15) is 0 Å². The van der Waals surface area contributed by atoms with Crippen LogP contribution in [-0.4, -0.2) is 174 Å². The number of nitrogens with one attached hydrogen (secondary N) is 1. The van der Waals surface area contributed by atoms with Crippen molar-refractivity contribution in [2.75, 3.05) is 166 Å². The molecule has 0 aliphatic carbocycles. The average molecular weight is 632 g/mol. The fourth-order valence-corrected chi connectivity index (χ4v) is 3.58. The lowest BCUT2D eigenvalue weighted by Crippen LogP contribution is -2.27. The highest BCUT2D eigenvalue weighted by molar-refractivity contribution is 6.69. The van der Waals surface area contributed by atoms with Gasteiger partial charge in [-0.3, -0.25) is 0 Å². The zero-order valence-electron chi connectivity index (χ0n) is 26.9. The number of rotatable bonds is 37. The summed E-state index contributed by atoms with van der Waals surface area (Å²) in [5.41, 5.74) is 0. The standard InChI is InChI=1S/C28H61NO12Si/c1-29-5-6-30-7-8-31-9-10-32-11-12-33-13-14-34-15-16-35-17-18-36-19-20-37-21-22-38-23-24-39-25-26-40-27-28-41-42(2,3)4/h29H,5-28H2,1-4H3. The maximum atomic E-state index is 5.71. The highest BCUT2D eigenvalue weighted by Gasteiger charge is 2.13. The third kappa shape index (κ3) is 39.7. The average Bonchev–Trinajstić information content (AvgIpc) is 2.96. The zero-order valence-corrected chi connectivity index (χ0v) is 27.9. The van der Waals surface area contributed by atoms with Gasteiger partial charge < -0.3 is 61.8 Å². The van der Waals surface area contributed by atoms with E-state index in [0.29, 0.717) is 152 Å². The minimum Gasteiger partial charge on any atom is -0.415 e. The Morgan fingerprint density at radius 1 is 0.310 bits per heavy atom. The van der Waals surface area contributed by atoms with Crippen LogP contribution >= 0.6 is 0 Å². The van der Waals surface area contributed by atoms with Crippen molar-refractivity contribution < 1.29 is 56.5 Å². The van der Waals surface area contributed by atoms with Crippen LogP contribution in [0, 0.1) is 0 Å². The Hall–Kier alpha value is -0.303. The third-order valence-corrected chi connectivity index (χ3v) is 6.05. The lowest BCUT2D eigenvalue weighted by atomic mass is 10.6. The molecule has 13 nitrogen and oxygen atoms in total. The van der Waals surface area contributed by atoms with Gasteiger partial charge in [-0.1, -0.05) is 0 Å². The van der Waals surface area contributed by atoms with Crippen molar-refractivity contribution in [1.29, 1.82) is 0 Å². The van der Waals surface area contributed by atoms with Crippen molar-refractivity contribution in [2.45, 2.75) is 19.6 Å². The molecule has 0 aromatic heterocycles. The molecular weight excluding hydrogens is 570 g/mol. The first-order valence-electron chi connectivity index (χ1n) is 15.2. The minimum absolute atomic E-state index is 0.519. The second kappa shape index (κ2) is 35.2. The van der Waals surface area contributed by atoms with E-state index in [0.717, 1.165) is 6.54 Å². The lowest BCUT2D eigenvalue weighted by molar-refractivity contribution is -0.0277. The monoisotopic (exact) mass is 631 g/mol. The number of likely N-dealkylation sites (N-methyl/N-ethyl adjacent to an activating group) is 1. The van der Waals surface area contributed by atoms with Gasteiger partial charge in [0, 0.05) is 6.54 Å². The van der Waals surface area contributed by atoms with Gasteiger partial charge in [-0.05, 0) is 26.7 Å². The summed E-state index contributed by atoms with van der Waals surface area (Å²) in [7, 11) is 0.449. The Bertz CT molecular complexity index is 506. The molecule has 0 fully saturated rings. The summed E-state index contributed by atoms with van der Waals surface area (Å²) in [4.78, 5) is 0. The van der Waals surface area contributed by atoms with E-state index < -0.39 is 8.32 Å². The van der Waals surface area contributed by atoms with Gasteiger partial charge in [0.05, 0.1) is 152 Å². The van der Waals surface area contributed by atoms with E-state index in [9.17, 15) is 0 Å². The number of hydrogen-bond donors (Lipinski definition) is 1. The first-order valence-corrected chi connectivity index (χ1v) is 18.6. The smallest absolute Gasteiger partial charge is 0.183 e. The Balaban J connectivity index is 3.04. The van der Waals surface area contributed by atoms with Crippen molar-refractivity contribution >= 4 is 8.32 Å². The molecule has 0 amide bonds. The first-order chi connectivity index (χ1) is 20.6. The van der Waals surface area contributed by atoms with Crippen LogP contribution in [0.2, 0.25) is 19.6 Å². The van der Waals surface area contributed by atoms with Crippen molar-refractivity contribution in [3.63, 3.8) is 0 Å². The van der Waals surface area contributed by atoms with Crippen LogP contribution in [-0.2, 0) is 56.5 Å². The molecule has 0 rings (SSSR count). The molecule has 0 saturated carbocycles. The molecule has 0 saturated heterocycles. The van der Waals surface area contributed by atoms with Gasteiger partial charge in [-0.15, -0.1) is 0 Å². The van der Waals surface area contributed by atoms with E-state index in [1.807, 2.05) is 7.05 Å². The Morgan fingerprint density at radius 2 is 0.500 bits per heavy atom. The molecule has 0 spiro atoms. The summed E-state index contributed by atoms with van der Waals surface area (Å²) in [6.07, 6.45) is 0. The molecular formula is C28H61NO12Si. The van der Waals surface area contributed by atoms with E-state index in [4.69, 9.17) is 56.5 Å². The maximum absolute atomic E-state index is 5.71. The summed E-state index contributed by atoms with van der Waals surface area (Å²) >= 11 is 0. The summed E-state index contributed by atoms with van der Waals surface area (Å²) < 4.78 is 65.7. The SMILES string of the molecule is CNCCOCCOCCOCCOCCOCCOCCOCCOCCOCCOCCOCCO[Si](C)(C)C. The van der Waals surface area contributed by atoms with Crippen molar-refractivity contribution in [1.82, 2.24) is 5.32 Å². The lowest BCUT2D eigenvalue weighted by Gasteiger charge is -2.16. The second-order valence-electron chi connectivity index (χ2n) is 9.80. The van der Waals surface area contributed by atoms with Crippen LogP contribution in [0.4, 0.5) is 0 Å². The van der Waals surface area contributed by atoms with E-state index in [-0.39, 0.29) is 0 Å². The van der Waals surface area contributed by atoms with Crippen LogP contribution in [0.5, 0.6) is 0 Å². The van der Waals surface area contributed by atoms with E-state index >= 15 is 0 Å². The summed E-state index contributed by atoms with van der Waals surface area (Å²) in [6, 6.07) is 0. The summed E-state index contributed by atoms with van der Waals surface area (Å²) in [6.45, 7) is 20.0. The minimum atomic E-state index is -1.45. The van der Waals surface area contributed by atoms with Gasteiger partial charge in [0.15, 0.2) is 8.32 Å². The largest absolute Gasteiger partial charge is 0.415 e. The highest BCUT2D eigenvalue weighted by atomic mass is 28.4. The van der Waals surface area contributed by atoms with Gasteiger partial charge in [0.25, 0.3) is 0 Å². The molecule has 0 unspecified atom stereocenters. The fraction of sp³-hybridized carbons (Fsp3) is 1.00. The summed E-state index contributed by atoms with van der Waals surface area (Å²) in [5, 5.41) is 3.02. The molecule has 0 aliphatic rings. The molecule has 14 heteroatoms. The number of hydrogen-bond acceptors (Lipinski definition) is 13. The maximum Gasteiger partial charge on any atom is 0.183 e. The fourth-order valence-electron chi connectivity index (χ4n) is 2.88. The molecule has 0 radical (unpaired) electrons. The third-order valence-electron chi connectivity index (χ3n) is 4.98. The van der Waals surface area contributed by atoms with E-state index in [2.05, 4.69) is 25.0 Å². The van der Waals surface area contributed by atoms with Crippen LogP contribution < -0.4 is 5.32 Å². The molecule has 0 aromatic rings. The number of ether oxygens (including phenoxy) is 11. The van der Waals surface area contributed by atoms with Crippen LogP contribution in [0.1, 0.15) is 0 Å². The Kier molecular flexibility index (Phi) is 34.9. The molecule has 42 heavy (non-hydrogen) atoms. The highest BCUT2D eigenvalue weighted by Crippen LogP contribution is 2.01. The van der Waals surface area contributed by atoms with Crippen LogP contribution in [0.25, 0.3) is 0 Å². The second-order valence-corrected chi connectivity index (χ2v) is 14.3. The van der Waals surface area contributed by atoms with Gasteiger partial charge in [-0.25, -0.2) is 0 Å². The zero-order chi connectivity index (χ0) is 30.7. The van der Waals surface area contributed by atoms with Crippen LogP contribution in [0.15, 0.2) is 0 Å². The topological polar surface area (TPSA) is 123 Å². The molecule has 0 heterocycles. The van der Waals surface area contributed by atoms with Gasteiger partial charge in [0.2, 0.25) is 0 Å². The first kappa shape index (κ1) is 41.7. The van der Waals surface area contributed by atoms with Crippen molar-refractivity contribution in [2.24, 2.45) is 0 Å². The predicted molar refractivity (Wildman–Crippen MR) is 162 cm³/mol. The molecule has 1 N–H and O–H groups in total. The molecule has 0 aliphatic heterocycles. The normalized spacial score (nSPS) is 12.0. The summed E-state index contributed by atoms with van der Waals surface area (Å²) in [5.74, 6) is 0. The van der Waals surface area contributed by atoms with E-state index in [1.54, 1.807) is 0 Å². The Morgan fingerprint density at radius 3 is 0.690 bits per heavy atom. The molecule has 0 atom stereocenters. The van der Waals surface area contributed by atoms with Crippen molar-refractivity contribution in [3.8, 4) is 0 Å². The molecule has 254 valence electrons. The molecule has 0 aromatic carbocycles. The van der Waals surface area contributed by atoms with Gasteiger partial charge >= 0.3 is 0 Å². The van der Waals surface area contributed by atoms with Crippen molar-refractivity contribution in [3.05, 3.63) is 0 Å². The van der Waals surface area contributed by atoms with Gasteiger partial charge in [0.1, 0.15) is 0 Å². The van der Waals surface area contributed by atoms with Crippen LogP contribution in [0.3, 0.4) is 0 Å². The predicted octanol–water partition coefficient (Wildman–Crippen LogP) is 1.24. The van der Waals surface area contributed by atoms with E-state index in [1.165, 1.54) is 0 Å². The molecule has 0 bridgehead atoms. The Labute approximate surface area is 255 Å².